The summed E-state index contributed by atoms with van der Waals surface area (Å²) in [6, 6.07) is 5.62. The smallest absolute Gasteiger partial charge is 0.364 e. The Hall–Kier alpha value is -2.34. The minimum atomic E-state index is -2.27. The number of aliphatic hydroxyl groups excluding tert-OH is 3. The summed E-state index contributed by atoms with van der Waals surface area (Å²) in [6.45, 7) is 1.97. The quantitative estimate of drug-likeness (QED) is 0.0847. The van der Waals surface area contributed by atoms with E-state index in [0.29, 0.717) is 23.6 Å². The van der Waals surface area contributed by atoms with E-state index in [0.717, 1.165) is 19.3 Å². The van der Waals surface area contributed by atoms with E-state index in [9.17, 15) is 30.0 Å². The van der Waals surface area contributed by atoms with Crippen LogP contribution in [0.15, 0.2) is 24.3 Å². The summed E-state index contributed by atoms with van der Waals surface area (Å²) < 4.78 is 16.7. The van der Waals surface area contributed by atoms with Crippen LogP contribution >= 0.6 is 23.8 Å². The molecule has 2 rings (SSSR count). The van der Waals surface area contributed by atoms with Gasteiger partial charge in [0.2, 0.25) is 5.91 Å². The molecule has 1 saturated heterocycles. The third kappa shape index (κ3) is 11.5. The van der Waals surface area contributed by atoms with Gasteiger partial charge in [-0.3, -0.25) is 4.79 Å². The first kappa shape index (κ1) is 34.9. The number of carboxylic acid groups (broad SMARTS) is 1. The van der Waals surface area contributed by atoms with Crippen molar-refractivity contribution >= 4 is 40.7 Å². The average molecular weight is 615 g/mol. The number of carbonyl (C=O) groups is 2. The maximum absolute atomic E-state index is 12.4. The van der Waals surface area contributed by atoms with Crippen LogP contribution in [0.1, 0.15) is 44.6 Å². The second-order valence-electron chi connectivity index (χ2n) is 9.82. The number of unbranched alkanes of at least 4 members (excludes halogenated alkanes) is 3. The number of amides is 1. The van der Waals surface area contributed by atoms with E-state index >= 15 is 0 Å². The average Bonchev–Trinajstić information content (AvgIpc) is 2.92. The summed E-state index contributed by atoms with van der Waals surface area (Å²) >= 11 is 11.0. The van der Waals surface area contributed by atoms with E-state index in [2.05, 4.69) is 16.6 Å². The summed E-state index contributed by atoms with van der Waals surface area (Å²) in [6.07, 6.45) is 1.43. The molecule has 0 spiro atoms. The molecule has 1 aliphatic heterocycles. The van der Waals surface area contributed by atoms with Gasteiger partial charge < -0.3 is 45.3 Å². The van der Waals surface area contributed by atoms with Gasteiger partial charge in [-0.05, 0) is 37.5 Å². The fraction of sp³-hybridized carbons (Fsp3) is 0.607. The molecule has 0 unspecified atom stereocenters. The number of ether oxygens (including phenoxy) is 3. The van der Waals surface area contributed by atoms with Crippen molar-refractivity contribution < 1.29 is 44.2 Å². The summed E-state index contributed by atoms with van der Waals surface area (Å²) in [5.41, 5.74) is 0.696. The molecule has 13 heteroatoms. The molecule has 228 valence electrons. The van der Waals surface area contributed by atoms with E-state index in [-0.39, 0.29) is 31.2 Å². The Morgan fingerprint density at radius 2 is 1.88 bits per heavy atom. The van der Waals surface area contributed by atoms with Gasteiger partial charge in [0.25, 0.3) is 5.79 Å². The van der Waals surface area contributed by atoms with Crippen LogP contribution in [0.2, 0.25) is 5.02 Å². The normalized spacial score (nSPS) is 23.7. The lowest BCUT2D eigenvalue weighted by Gasteiger charge is -2.46. The van der Waals surface area contributed by atoms with Gasteiger partial charge in [0.15, 0.2) is 0 Å². The lowest BCUT2D eigenvalue weighted by atomic mass is 9.88. The number of rotatable bonds is 17. The maximum Gasteiger partial charge on any atom is 0.364 e. The molecule has 1 fully saturated rings. The largest absolute Gasteiger partial charge is 0.477 e. The zero-order valence-corrected chi connectivity index (χ0v) is 24.5. The van der Waals surface area contributed by atoms with Gasteiger partial charge in [0, 0.05) is 24.6 Å². The summed E-state index contributed by atoms with van der Waals surface area (Å²) in [4.78, 5) is 24.9. The molecule has 0 saturated carbocycles. The molecule has 0 radical (unpaired) electrons. The number of nitrogens with one attached hydrogen (secondary N) is 2. The summed E-state index contributed by atoms with van der Waals surface area (Å²) in [7, 11) is 0. The molecule has 1 amide bonds. The molecule has 6 N–H and O–H groups in total. The van der Waals surface area contributed by atoms with Crippen molar-refractivity contribution in [2.45, 2.75) is 81.7 Å². The molecule has 0 aliphatic carbocycles. The Labute approximate surface area is 250 Å². The molecule has 1 aromatic carbocycles. The van der Waals surface area contributed by atoms with Crippen LogP contribution in [0.3, 0.4) is 0 Å². The number of terminal acetylenes is 1. The minimum Gasteiger partial charge on any atom is -0.477 e. The molecular formula is C28H39ClN2O9S. The van der Waals surface area contributed by atoms with Crippen molar-refractivity contribution in [1.29, 1.82) is 0 Å². The molecule has 11 nitrogen and oxygen atoms in total. The number of benzene rings is 1. The Morgan fingerprint density at radius 1 is 1.22 bits per heavy atom. The fourth-order valence-electron chi connectivity index (χ4n) is 4.39. The van der Waals surface area contributed by atoms with Gasteiger partial charge in [-0.1, -0.05) is 54.7 Å². The molecule has 0 bridgehead atoms. The van der Waals surface area contributed by atoms with E-state index in [1.807, 2.05) is 0 Å². The maximum atomic E-state index is 12.4. The first-order valence-corrected chi connectivity index (χ1v) is 14.2. The van der Waals surface area contributed by atoms with E-state index in [1.165, 1.54) is 0 Å². The predicted molar refractivity (Wildman–Crippen MR) is 155 cm³/mol. The van der Waals surface area contributed by atoms with E-state index in [4.69, 9.17) is 44.5 Å². The topological polar surface area (TPSA) is 167 Å². The van der Waals surface area contributed by atoms with Crippen LogP contribution in [0, 0.1) is 12.3 Å². The number of hydrogen-bond donors (Lipinski definition) is 6. The number of halogens is 1. The van der Waals surface area contributed by atoms with Crippen LogP contribution < -0.4 is 10.6 Å². The van der Waals surface area contributed by atoms with Crippen molar-refractivity contribution in [1.82, 2.24) is 10.6 Å². The minimum absolute atomic E-state index is 0.0145. The van der Waals surface area contributed by atoms with Gasteiger partial charge in [-0.15, -0.1) is 6.42 Å². The molecule has 1 heterocycles. The number of hydrogen-bond acceptors (Lipinski definition) is 9. The second kappa shape index (κ2) is 17.6. The standard InChI is InChI=1S/C28H39ClN2O9S/c1-3-12-38-13-6-4-5-7-14-39-28(27(36)37)16-21(32)24(31-18(2)41)26(40-28)25(35)22(33)17-30-23(34)15-19-8-10-20(29)11-9-19/h1,8-11,21-22,24-26,32-33,35H,4-7,12-17H2,2H3,(H,30,34)(H,31,41)(H,36,37)/t21-,22+,24+,25+,26+,28+/m0/s1. The van der Waals surface area contributed by atoms with Crippen molar-refractivity contribution in [3.63, 3.8) is 0 Å². The van der Waals surface area contributed by atoms with Gasteiger partial charge in [0.1, 0.15) is 18.8 Å². The Morgan fingerprint density at radius 3 is 2.49 bits per heavy atom. The van der Waals surface area contributed by atoms with Crippen LogP contribution in [0.25, 0.3) is 0 Å². The molecule has 1 aliphatic rings. The van der Waals surface area contributed by atoms with Gasteiger partial charge in [-0.2, -0.15) is 0 Å². The Balaban J connectivity index is 2.02. The van der Waals surface area contributed by atoms with Gasteiger partial charge in [0.05, 0.1) is 36.3 Å². The van der Waals surface area contributed by atoms with Crippen LogP contribution in [0.4, 0.5) is 0 Å². The third-order valence-corrected chi connectivity index (χ3v) is 6.86. The van der Waals surface area contributed by atoms with E-state index < -0.39 is 54.5 Å². The second-order valence-corrected chi connectivity index (χ2v) is 10.9. The number of carboxylic acids is 1. The fourth-order valence-corrected chi connectivity index (χ4v) is 4.65. The summed E-state index contributed by atoms with van der Waals surface area (Å²) in [5, 5.41) is 48.5. The van der Waals surface area contributed by atoms with Crippen molar-refractivity contribution in [3.8, 4) is 12.3 Å². The highest BCUT2D eigenvalue weighted by molar-refractivity contribution is 7.80. The monoisotopic (exact) mass is 614 g/mol. The van der Waals surface area contributed by atoms with Crippen molar-refractivity contribution in [2.24, 2.45) is 0 Å². The highest BCUT2D eigenvalue weighted by atomic mass is 35.5. The number of carbonyl (C=O) groups excluding carboxylic acids is 1. The SMILES string of the molecule is C#CCOCCCCCCO[C@]1(C(=O)O)C[C@H](O)[C@@H](NC(C)=S)[C@H]([C@H](O)[C@H](O)CNC(=O)Cc2ccc(Cl)cc2)O1. The summed E-state index contributed by atoms with van der Waals surface area (Å²) in [5.74, 6) is -1.79. The highest BCUT2D eigenvalue weighted by Gasteiger charge is 2.55. The number of aliphatic hydroxyl groups is 3. The van der Waals surface area contributed by atoms with Crippen LogP contribution in [-0.4, -0.2) is 99.9 Å². The van der Waals surface area contributed by atoms with Crippen molar-refractivity contribution in [3.05, 3.63) is 34.9 Å². The Kier molecular flexibility index (Phi) is 14.9. The third-order valence-electron chi connectivity index (χ3n) is 6.49. The van der Waals surface area contributed by atoms with Crippen LogP contribution in [-0.2, 0) is 30.2 Å². The van der Waals surface area contributed by atoms with E-state index in [1.54, 1.807) is 31.2 Å². The number of thiocarbonyl (C=S) groups is 1. The Bertz CT molecular complexity index is 1040. The lowest BCUT2D eigenvalue weighted by molar-refractivity contribution is -0.310. The zero-order valence-electron chi connectivity index (χ0n) is 23.0. The van der Waals surface area contributed by atoms with Gasteiger partial charge >= 0.3 is 5.97 Å². The molecule has 41 heavy (non-hydrogen) atoms. The molecule has 6 atom stereocenters. The lowest BCUT2D eigenvalue weighted by Crippen LogP contribution is -2.68. The first-order chi connectivity index (χ1) is 19.5. The highest BCUT2D eigenvalue weighted by Crippen LogP contribution is 2.34. The first-order valence-electron chi connectivity index (χ1n) is 13.4. The number of aliphatic carboxylic acids is 1. The van der Waals surface area contributed by atoms with Crippen molar-refractivity contribution in [2.75, 3.05) is 26.4 Å². The molecule has 0 aromatic heterocycles. The molecular weight excluding hydrogens is 576 g/mol. The zero-order chi connectivity index (χ0) is 30.4. The molecule has 1 aromatic rings. The van der Waals surface area contributed by atoms with Crippen LogP contribution in [0.5, 0.6) is 0 Å². The predicted octanol–water partition coefficient (Wildman–Crippen LogP) is 1.18. The van der Waals surface area contributed by atoms with Gasteiger partial charge in [-0.25, -0.2) is 4.79 Å².